The molecule has 0 bridgehead atoms. The second-order valence-corrected chi connectivity index (χ2v) is 6.94. The number of benzene rings is 3. The van der Waals surface area contributed by atoms with Crippen molar-refractivity contribution >= 4 is 28.5 Å². The summed E-state index contributed by atoms with van der Waals surface area (Å²) < 4.78 is 0. The number of nitrogens with one attached hydrogen (secondary N) is 2. The summed E-state index contributed by atoms with van der Waals surface area (Å²) in [7, 11) is 0. The van der Waals surface area contributed by atoms with Gasteiger partial charge in [0, 0.05) is 28.8 Å². The van der Waals surface area contributed by atoms with Crippen molar-refractivity contribution in [2.75, 3.05) is 5.32 Å². The van der Waals surface area contributed by atoms with Crippen molar-refractivity contribution in [2.24, 2.45) is 0 Å². The molecule has 0 radical (unpaired) electrons. The third-order valence-corrected chi connectivity index (χ3v) is 4.73. The van der Waals surface area contributed by atoms with Crippen molar-refractivity contribution < 1.29 is 14.7 Å². The van der Waals surface area contributed by atoms with Gasteiger partial charge in [-0.05, 0) is 42.3 Å². The summed E-state index contributed by atoms with van der Waals surface area (Å²) in [5, 5.41) is 19.8. The zero-order valence-electron chi connectivity index (χ0n) is 16.2. The summed E-state index contributed by atoms with van der Waals surface area (Å²) in [6, 6.07) is 21.8. The fourth-order valence-corrected chi connectivity index (χ4v) is 3.24. The van der Waals surface area contributed by atoms with E-state index in [1.54, 1.807) is 12.1 Å². The molecular formula is C24H19N3O3. The van der Waals surface area contributed by atoms with Gasteiger partial charge in [0.15, 0.2) is 0 Å². The highest BCUT2D eigenvalue weighted by Crippen LogP contribution is 2.31. The number of carboxylic acid groups (broad SMARTS) is 1. The molecule has 30 heavy (non-hydrogen) atoms. The average molecular weight is 397 g/mol. The van der Waals surface area contributed by atoms with Gasteiger partial charge in [-0.25, -0.2) is 4.79 Å². The number of hydrogen-bond acceptors (Lipinski definition) is 3. The minimum absolute atomic E-state index is 0.510. The number of nitrogens with zero attached hydrogens (tertiary/aromatic N) is 1. The molecule has 6 nitrogen and oxygen atoms in total. The molecule has 1 heterocycles. The van der Waals surface area contributed by atoms with E-state index < -0.39 is 11.9 Å². The zero-order chi connectivity index (χ0) is 21.1. The van der Waals surface area contributed by atoms with Gasteiger partial charge in [-0.15, -0.1) is 0 Å². The monoisotopic (exact) mass is 397 g/mol. The summed E-state index contributed by atoms with van der Waals surface area (Å²) in [6.07, 6.45) is 1.78. The molecule has 4 rings (SSSR count). The van der Waals surface area contributed by atoms with E-state index in [-0.39, 0.29) is 0 Å². The largest absolute Gasteiger partial charge is 0.478 e. The Morgan fingerprint density at radius 2 is 1.70 bits per heavy atom. The number of aliphatic carboxylic acids is 1. The van der Waals surface area contributed by atoms with E-state index in [9.17, 15) is 9.59 Å². The second kappa shape index (κ2) is 8.05. The van der Waals surface area contributed by atoms with Crippen LogP contribution in [0.2, 0.25) is 0 Å². The molecule has 0 saturated heterocycles. The number of aromatic nitrogens is 2. The third kappa shape index (κ3) is 4.12. The Balaban J connectivity index is 1.63. The molecule has 0 spiro atoms. The van der Waals surface area contributed by atoms with Gasteiger partial charge in [0.05, 0.1) is 11.2 Å². The number of anilines is 1. The van der Waals surface area contributed by atoms with Crippen LogP contribution in [0.25, 0.3) is 33.3 Å². The number of amides is 1. The van der Waals surface area contributed by atoms with E-state index in [2.05, 4.69) is 58.8 Å². The highest BCUT2D eigenvalue weighted by molar-refractivity contribution is 6.03. The molecule has 0 saturated carbocycles. The summed E-state index contributed by atoms with van der Waals surface area (Å²) >= 11 is 0. The number of aryl methyl sites for hydroxylation is 1. The number of hydrogen-bond donors (Lipinski definition) is 3. The number of fused-ring (bicyclic) bond motifs is 1. The average Bonchev–Trinajstić information content (AvgIpc) is 3.16. The van der Waals surface area contributed by atoms with Crippen molar-refractivity contribution in [3.05, 3.63) is 84.4 Å². The van der Waals surface area contributed by atoms with Crippen LogP contribution in [0.5, 0.6) is 0 Å². The Morgan fingerprint density at radius 3 is 2.47 bits per heavy atom. The van der Waals surface area contributed by atoms with Gasteiger partial charge in [0.2, 0.25) is 5.91 Å². The Kier molecular flexibility index (Phi) is 5.13. The highest BCUT2D eigenvalue weighted by Gasteiger charge is 2.10. The fraction of sp³-hybridized carbons (Fsp3) is 0.0417. The maximum atomic E-state index is 11.8. The molecule has 0 atom stereocenters. The minimum Gasteiger partial charge on any atom is -0.478 e. The predicted octanol–water partition coefficient (Wildman–Crippen LogP) is 4.78. The molecule has 3 N–H and O–H groups in total. The number of carbonyl (C=O) groups excluding carboxylic acids is 1. The number of rotatable bonds is 5. The standard InChI is InChI=1S/C24H19N3O3/c1-15-5-7-16(8-6-15)17-9-10-20-21(14-17)26-27-24(20)18-3-2-4-19(13-18)25-22(28)11-12-23(29)30/h2-14H,1H3,(H,25,28)(H,26,27)(H,29,30)/b12-11-. The topological polar surface area (TPSA) is 95.1 Å². The number of carbonyl (C=O) groups is 2. The first kappa shape index (κ1) is 19.1. The van der Waals surface area contributed by atoms with E-state index in [0.29, 0.717) is 5.69 Å². The van der Waals surface area contributed by atoms with Crippen molar-refractivity contribution in [2.45, 2.75) is 6.92 Å². The van der Waals surface area contributed by atoms with E-state index in [1.165, 1.54) is 5.56 Å². The maximum absolute atomic E-state index is 11.8. The molecule has 0 fully saturated rings. The van der Waals surface area contributed by atoms with E-state index in [0.717, 1.165) is 45.4 Å². The first-order chi connectivity index (χ1) is 14.5. The van der Waals surface area contributed by atoms with Crippen LogP contribution in [-0.4, -0.2) is 27.2 Å². The lowest BCUT2D eigenvalue weighted by Gasteiger charge is -2.05. The van der Waals surface area contributed by atoms with Crippen molar-refractivity contribution in [3.63, 3.8) is 0 Å². The van der Waals surface area contributed by atoms with Crippen LogP contribution in [0.1, 0.15) is 5.56 Å². The molecule has 0 unspecified atom stereocenters. The maximum Gasteiger partial charge on any atom is 0.328 e. The van der Waals surface area contributed by atoms with Crippen LogP contribution < -0.4 is 5.32 Å². The fourth-order valence-electron chi connectivity index (χ4n) is 3.24. The molecule has 4 aromatic rings. The van der Waals surface area contributed by atoms with Crippen molar-refractivity contribution in [1.29, 1.82) is 0 Å². The van der Waals surface area contributed by atoms with Gasteiger partial charge in [-0.2, -0.15) is 5.10 Å². The molecule has 0 aliphatic carbocycles. The number of carboxylic acids is 1. The van der Waals surface area contributed by atoms with Gasteiger partial charge in [0.1, 0.15) is 0 Å². The van der Waals surface area contributed by atoms with Crippen LogP contribution in [0.3, 0.4) is 0 Å². The van der Waals surface area contributed by atoms with Gasteiger partial charge in [-0.3, -0.25) is 9.89 Å². The lowest BCUT2D eigenvalue weighted by atomic mass is 10.0. The first-order valence-corrected chi connectivity index (χ1v) is 9.37. The van der Waals surface area contributed by atoms with Gasteiger partial charge < -0.3 is 10.4 Å². The number of H-pyrrole nitrogens is 1. The van der Waals surface area contributed by atoms with Crippen LogP contribution in [0.15, 0.2) is 78.9 Å². The summed E-state index contributed by atoms with van der Waals surface area (Å²) in [5.41, 5.74) is 6.54. The molecule has 6 heteroatoms. The van der Waals surface area contributed by atoms with E-state index in [1.807, 2.05) is 18.2 Å². The minimum atomic E-state index is -1.17. The van der Waals surface area contributed by atoms with Crippen LogP contribution >= 0.6 is 0 Å². The predicted molar refractivity (Wildman–Crippen MR) is 117 cm³/mol. The Bertz CT molecular complexity index is 1270. The Labute approximate surface area is 172 Å². The molecule has 0 aliphatic heterocycles. The van der Waals surface area contributed by atoms with E-state index in [4.69, 9.17) is 5.11 Å². The molecule has 148 valence electrons. The van der Waals surface area contributed by atoms with E-state index >= 15 is 0 Å². The lowest BCUT2D eigenvalue weighted by molar-refractivity contribution is -0.131. The quantitative estimate of drug-likeness (QED) is 0.422. The summed E-state index contributed by atoms with van der Waals surface area (Å²) in [4.78, 5) is 22.4. The molecular weight excluding hydrogens is 378 g/mol. The van der Waals surface area contributed by atoms with Crippen LogP contribution in [-0.2, 0) is 9.59 Å². The smallest absolute Gasteiger partial charge is 0.328 e. The van der Waals surface area contributed by atoms with Crippen LogP contribution in [0, 0.1) is 6.92 Å². The van der Waals surface area contributed by atoms with Crippen molar-refractivity contribution in [3.8, 4) is 22.4 Å². The summed E-state index contributed by atoms with van der Waals surface area (Å²) in [5.74, 6) is -1.68. The SMILES string of the molecule is Cc1ccc(-c2ccc3c(-c4cccc(NC(=O)/C=C\C(=O)O)c4)n[nH]c3c2)cc1. The van der Waals surface area contributed by atoms with Crippen molar-refractivity contribution in [1.82, 2.24) is 10.2 Å². The highest BCUT2D eigenvalue weighted by atomic mass is 16.4. The number of aromatic amines is 1. The van der Waals surface area contributed by atoms with Crippen LogP contribution in [0.4, 0.5) is 5.69 Å². The second-order valence-electron chi connectivity index (χ2n) is 6.94. The molecule has 0 aliphatic rings. The first-order valence-electron chi connectivity index (χ1n) is 9.37. The molecule has 3 aromatic carbocycles. The Hall–Kier alpha value is -4.19. The van der Waals surface area contributed by atoms with Gasteiger partial charge >= 0.3 is 5.97 Å². The molecule has 1 aromatic heterocycles. The van der Waals surface area contributed by atoms with Gasteiger partial charge in [0.25, 0.3) is 0 Å². The molecule has 1 amide bonds. The van der Waals surface area contributed by atoms with Gasteiger partial charge in [-0.1, -0.05) is 48.0 Å². The normalized spacial score (nSPS) is 11.1. The third-order valence-electron chi connectivity index (χ3n) is 4.73. The summed E-state index contributed by atoms with van der Waals surface area (Å²) in [6.45, 7) is 2.06. The Morgan fingerprint density at radius 1 is 0.933 bits per heavy atom. The lowest BCUT2D eigenvalue weighted by Crippen LogP contribution is -2.08. The zero-order valence-corrected chi connectivity index (χ0v) is 16.2.